The van der Waals surface area contributed by atoms with Crippen molar-refractivity contribution in [2.24, 2.45) is 5.41 Å². The summed E-state index contributed by atoms with van der Waals surface area (Å²) in [6.07, 6.45) is -1.11. The Kier molecular flexibility index (Phi) is 4.35. The Labute approximate surface area is 110 Å². The van der Waals surface area contributed by atoms with Crippen LogP contribution in [0.15, 0.2) is 0 Å². The van der Waals surface area contributed by atoms with Gasteiger partial charge in [-0.1, -0.05) is 0 Å². The molecule has 2 rings (SSSR count). The Morgan fingerprint density at radius 1 is 1.26 bits per heavy atom. The Bertz CT molecular complexity index is 327. The molecule has 0 atom stereocenters. The molecular formula is C12H20F3N3O. The van der Waals surface area contributed by atoms with Crippen molar-refractivity contribution < 1.29 is 18.0 Å². The number of piperidine rings is 1. The Morgan fingerprint density at radius 2 is 1.95 bits per heavy atom. The van der Waals surface area contributed by atoms with Crippen molar-refractivity contribution in [3.63, 3.8) is 0 Å². The molecule has 1 amide bonds. The number of nitrogens with one attached hydrogen (secondary N) is 2. The molecule has 0 unspecified atom stereocenters. The zero-order chi connectivity index (χ0) is 13.9. The van der Waals surface area contributed by atoms with E-state index < -0.39 is 18.6 Å². The van der Waals surface area contributed by atoms with Crippen LogP contribution in [0.25, 0.3) is 0 Å². The summed E-state index contributed by atoms with van der Waals surface area (Å²) in [5, 5.41) is 5.23. The van der Waals surface area contributed by atoms with Gasteiger partial charge in [0, 0.05) is 6.54 Å². The average Bonchev–Trinajstić information content (AvgIpc) is 2.70. The molecule has 0 aromatic heterocycles. The van der Waals surface area contributed by atoms with Gasteiger partial charge in [-0.15, -0.1) is 0 Å². The fourth-order valence-corrected chi connectivity index (χ4v) is 2.99. The summed E-state index contributed by atoms with van der Waals surface area (Å²) in [7, 11) is 0. The minimum Gasteiger partial charge on any atom is -0.346 e. The van der Waals surface area contributed by atoms with Gasteiger partial charge in [-0.25, -0.2) is 0 Å². The number of rotatable bonds is 3. The molecular weight excluding hydrogens is 259 g/mol. The van der Waals surface area contributed by atoms with E-state index in [-0.39, 0.29) is 12.0 Å². The van der Waals surface area contributed by atoms with Crippen LogP contribution >= 0.6 is 0 Å². The van der Waals surface area contributed by atoms with Crippen molar-refractivity contribution in [2.45, 2.75) is 25.4 Å². The molecule has 0 saturated carbocycles. The highest BCUT2D eigenvalue weighted by molar-refractivity contribution is 5.78. The standard InChI is InChI=1S/C12H20F3N3O/c13-12(14,15)8-17-10(19)7-18-6-3-11(9-18)1-4-16-5-2-11/h16H,1-9H2,(H,17,19). The van der Waals surface area contributed by atoms with Crippen molar-refractivity contribution in [1.29, 1.82) is 0 Å². The van der Waals surface area contributed by atoms with Gasteiger partial charge in [0.25, 0.3) is 0 Å². The minimum atomic E-state index is -4.34. The molecule has 2 aliphatic rings. The van der Waals surface area contributed by atoms with Crippen molar-refractivity contribution in [3.8, 4) is 0 Å². The summed E-state index contributed by atoms with van der Waals surface area (Å²) in [4.78, 5) is 13.4. The molecule has 2 saturated heterocycles. The summed E-state index contributed by atoms with van der Waals surface area (Å²) in [6.45, 7) is 2.45. The van der Waals surface area contributed by atoms with Crippen LogP contribution in [0.1, 0.15) is 19.3 Å². The summed E-state index contributed by atoms with van der Waals surface area (Å²) in [5.74, 6) is -0.539. The molecule has 2 fully saturated rings. The molecule has 110 valence electrons. The predicted molar refractivity (Wildman–Crippen MR) is 64.7 cm³/mol. The Balaban J connectivity index is 1.74. The molecule has 2 N–H and O–H groups in total. The van der Waals surface area contributed by atoms with Crippen molar-refractivity contribution in [2.75, 3.05) is 39.3 Å². The van der Waals surface area contributed by atoms with Gasteiger partial charge in [0.1, 0.15) is 6.54 Å². The van der Waals surface area contributed by atoms with E-state index in [9.17, 15) is 18.0 Å². The van der Waals surface area contributed by atoms with Gasteiger partial charge in [-0.3, -0.25) is 9.69 Å². The van der Waals surface area contributed by atoms with E-state index in [1.807, 2.05) is 10.2 Å². The quantitative estimate of drug-likeness (QED) is 0.801. The molecule has 19 heavy (non-hydrogen) atoms. The third kappa shape index (κ3) is 4.35. The molecule has 7 heteroatoms. The summed E-state index contributed by atoms with van der Waals surface area (Å²) in [6, 6.07) is 0. The zero-order valence-corrected chi connectivity index (χ0v) is 10.9. The maximum Gasteiger partial charge on any atom is 0.405 e. The van der Waals surface area contributed by atoms with Crippen molar-refractivity contribution in [1.82, 2.24) is 15.5 Å². The largest absolute Gasteiger partial charge is 0.405 e. The van der Waals surface area contributed by atoms with Crippen molar-refractivity contribution in [3.05, 3.63) is 0 Å². The van der Waals surface area contributed by atoms with Gasteiger partial charge in [0.05, 0.1) is 6.54 Å². The fraction of sp³-hybridized carbons (Fsp3) is 0.917. The molecule has 0 bridgehead atoms. The first-order chi connectivity index (χ1) is 8.89. The van der Waals surface area contributed by atoms with E-state index in [0.29, 0.717) is 0 Å². The number of alkyl halides is 3. The first-order valence-electron chi connectivity index (χ1n) is 6.65. The maximum atomic E-state index is 12.0. The Morgan fingerprint density at radius 3 is 2.58 bits per heavy atom. The van der Waals surface area contributed by atoms with E-state index in [4.69, 9.17) is 0 Å². The molecule has 0 aliphatic carbocycles. The second-order valence-corrected chi connectivity index (χ2v) is 5.60. The van der Waals surface area contributed by atoms with E-state index in [0.717, 1.165) is 45.4 Å². The second kappa shape index (κ2) is 5.66. The molecule has 2 aliphatic heterocycles. The monoisotopic (exact) mass is 279 g/mol. The summed E-state index contributed by atoms with van der Waals surface area (Å²) in [5.41, 5.74) is 0.273. The smallest absolute Gasteiger partial charge is 0.346 e. The lowest BCUT2D eigenvalue weighted by atomic mass is 9.78. The summed E-state index contributed by atoms with van der Waals surface area (Å²) >= 11 is 0. The lowest BCUT2D eigenvalue weighted by Gasteiger charge is -2.33. The Hall–Kier alpha value is -0.820. The van der Waals surface area contributed by atoms with Gasteiger partial charge in [0.2, 0.25) is 5.91 Å². The summed E-state index contributed by atoms with van der Waals surface area (Å²) < 4.78 is 35.9. The average molecular weight is 279 g/mol. The maximum absolute atomic E-state index is 12.0. The molecule has 0 aromatic carbocycles. The van der Waals surface area contributed by atoms with Crippen LogP contribution in [0, 0.1) is 5.41 Å². The van der Waals surface area contributed by atoms with Gasteiger partial charge in [-0.2, -0.15) is 13.2 Å². The van der Waals surface area contributed by atoms with E-state index in [1.165, 1.54) is 0 Å². The number of carbonyl (C=O) groups excluding carboxylic acids is 1. The highest BCUT2D eigenvalue weighted by Gasteiger charge is 2.39. The molecule has 2 heterocycles. The number of halogens is 3. The molecule has 1 spiro atoms. The number of amides is 1. The number of nitrogens with zero attached hydrogens (tertiary/aromatic N) is 1. The first kappa shape index (κ1) is 14.6. The van der Waals surface area contributed by atoms with Crippen LogP contribution in [0.4, 0.5) is 13.2 Å². The lowest BCUT2D eigenvalue weighted by Crippen LogP contribution is -2.42. The van der Waals surface area contributed by atoms with Crippen LogP contribution in [-0.4, -0.2) is 56.3 Å². The molecule has 0 radical (unpaired) electrons. The SMILES string of the molecule is O=C(CN1CCC2(CCNCC2)C1)NCC(F)(F)F. The second-order valence-electron chi connectivity index (χ2n) is 5.60. The van der Waals surface area contributed by atoms with Crippen LogP contribution in [0.5, 0.6) is 0 Å². The number of carbonyl (C=O) groups is 1. The fourth-order valence-electron chi connectivity index (χ4n) is 2.99. The predicted octanol–water partition coefficient (Wildman–Crippen LogP) is 0.740. The van der Waals surface area contributed by atoms with Gasteiger partial charge in [-0.05, 0) is 44.3 Å². The van der Waals surface area contributed by atoms with Gasteiger partial charge in [0.15, 0.2) is 0 Å². The highest BCUT2D eigenvalue weighted by atomic mass is 19.4. The lowest BCUT2D eigenvalue weighted by molar-refractivity contribution is -0.139. The van der Waals surface area contributed by atoms with E-state index in [2.05, 4.69) is 5.32 Å². The van der Waals surface area contributed by atoms with E-state index >= 15 is 0 Å². The van der Waals surface area contributed by atoms with Crippen LogP contribution < -0.4 is 10.6 Å². The number of hydrogen-bond donors (Lipinski definition) is 2. The van der Waals surface area contributed by atoms with Crippen LogP contribution in [0.2, 0.25) is 0 Å². The minimum absolute atomic E-state index is 0.0747. The highest BCUT2D eigenvalue weighted by Crippen LogP contribution is 2.38. The number of likely N-dealkylation sites (tertiary alicyclic amines) is 1. The topological polar surface area (TPSA) is 44.4 Å². The third-order valence-electron chi connectivity index (χ3n) is 4.03. The third-order valence-corrected chi connectivity index (χ3v) is 4.03. The van der Waals surface area contributed by atoms with Gasteiger partial charge >= 0.3 is 6.18 Å². The van der Waals surface area contributed by atoms with Gasteiger partial charge < -0.3 is 10.6 Å². The van der Waals surface area contributed by atoms with Crippen LogP contribution in [0.3, 0.4) is 0 Å². The first-order valence-corrected chi connectivity index (χ1v) is 6.65. The molecule has 4 nitrogen and oxygen atoms in total. The number of hydrogen-bond acceptors (Lipinski definition) is 3. The van der Waals surface area contributed by atoms with Crippen molar-refractivity contribution >= 4 is 5.91 Å². The zero-order valence-electron chi connectivity index (χ0n) is 10.9. The van der Waals surface area contributed by atoms with E-state index in [1.54, 1.807) is 0 Å². The normalized spacial score (nSPS) is 23.7. The molecule has 0 aromatic rings. The van der Waals surface area contributed by atoms with Crippen LogP contribution in [-0.2, 0) is 4.79 Å².